The van der Waals surface area contributed by atoms with Gasteiger partial charge in [0.2, 0.25) is 5.91 Å². The lowest BCUT2D eigenvalue weighted by molar-refractivity contribution is -0.138. The first-order valence-electron chi connectivity index (χ1n) is 9.52. The van der Waals surface area contributed by atoms with Crippen LogP contribution in [0.2, 0.25) is 0 Å². The number of rotatable bonds is 5. The zero-order valence-corrected chi connectivity index (χ0v) is 15.8. The van der Waals surface area contributed by atoms with Crippen LogP contribution in [0.1, 0.15) is 36.8 Å². The predicted octanol–water partition coefficient (Wildman–Crippen LogP) is 4.33. The number of aromatic nitrogens is 1. The number of alkyl halides is 3. The van der Waals surface area contributed by atoms with E-state index < -0.39 is 11.7 Å². The van der Waals surface area contributed by atoms with Gasteiger partial charge in [0.25, 0.3) is 0 Å². The van der Waals surface area contributed by atoms with E-state index in [1.54, 1.807) is 0 Å². The lowest BCUT2D eigenvalue weighted by Crippen LogP contribution is -2.50. The van der Waals surface area contributed by atoms with Gasteiger partial charge in [0.05, 0.1) is 11.5 Å². The molecule has 0 saturated carbocycles. The van der Waals surface area contributed by atoms with Gasteiger partial charge in [0, 0.05) is 32.4 Å². The van der Waals surface area contributed by atoms with Gasteiger partial charge >= 0.3 is 6.18 Å². The summed E-state index contributed by atoms with van der Waals surface area (Å²) >= 11 is 0. The maximum absolute atomic E-state index is 13.1. The molecule has 1 aromatic carbocycles. The number of hydrogen-bond acceptors (Lipinski definition) is 3. The topological polar surface area (TPSA) is 36.4 Å². The monoisotopic (exact) mass is 391 g/mol. The van der Waals surface area contributed by atoms with E-state index in [2.05, 4.69) is 11.9 Å². The molecule has 1 aliphatic heterocycles. The molecular formula is C21H24F3N3O. The first kappa shape index (κ1) is 20.2. The molecule has 0 N–H and O–H groups in total. The van der Waals surface area contributed by atoms with Gasteiger partial charge in [-0.2, -0.15) is 13.2 Å². The average Bonchev–Trinajstić information content (AvgIpc) is 2.72. The Balaban J connectivity index is 1.63. The van der Waals surface area contributed by atoms with Crippen LogP contribution in [0.5, 0.6) is 0 Å². The molecule has 0 bridgehead atoms. The number of pyridine rings is 1. The van der Waals surface area contributed by atoms with Crippen LogP contribution in [0, 0.1) is 0 Å². The van der Waals surface area contributed by atoms with E-state index in [0.717, 1.165) is 30.7 Å². The molecule has 150 valence electrons. The third-order valence-corrected chi connectivity index (χ3v) is 5.07. The fraction of sp³-hybridized carbons (Fsp3) is 0.429. The fourth-order valence-electron chi connectivity index (χ4n) is 3.52. The minimum Gasteiger partial charge on any atom is -0.353 e. The Hall–Kier alpha value is -2.57. The largest absolute Gasteiger partial charge is 0.417 e. The second-order valence-electron chi connectivity index (χ2n) is 6.97. The normalized spacial score (nSPS) is 16.1. The molecule has 1 atom stereocenters. The Labute approximate surface area is 163 Å². The molecule has 7 heteroatoms. The van der Waals surface area contributed by atoms with E-state index >= 15 is 0 Å². The lowest BCUT2D eigenvalue weighted by atomic mass is 9.93. The average molecular weight is 391 g/mol. The number of halogens is 3. The molecule has 1 unspecified atom stereocenters. The number of nitrogens with zero attached hydrogens (tertiary/aromatic N) is 3. The van der Waals surface area contributed by atoms with E-state index in [1.807, 2.05) is 40.1 Å². The summed E-state index contributed by atoms with van der Waals surface area (Å²) in [6.07, 6.45) is -1.81. The number of amides is 1. The maximum Gasteiger partial charge on any atom is 0.417 e. The summed E-state index contributed by atoms with van der Waals surface area (Å²) < 4.78 is 38.0. The van der Waals surface area contributed by atoms with Gasteiger partial charge in [-0.25, -0.2) is 4.98 Å². The van der Waals surface area contributed by atoms with Crippen LogP contribution in [0.15, 0.2) is 48.7 Å². The maximum atomic E-state index is 13.1. The number of anilines is 1. The highest BCUT2D eigenvalue weighted by molar-refractivity contribution is 5.84. The van der Waals surface area contributed by atoms with Crippen LogP contribution in [0.4, 0.5) is 19.0 Å². The molecule has 4 nitrogen and oxygen atoms in total. The van der Waals surface area contributed by atoms with Crippen molar-refractivity contribution in [2.24, 2.45) is 0 Å². The zero-order valence-electron chi connectivity index (χ0n) is 15.8. The van der Waals surface area contributed by atoms with E-state index in [9.17, 15) is 18.0 Å². The number of hydrogen-bond donors (Lipinski definition) is 0. The van der Waals surface area contributed by atoms with Gasteiger partial charge < -0.3 is 9.80 Å². The minimum absolute atomic E-state index is 0.119. The molecule has 2 heterocycles. The number of benzene rings is 1. The molecule has 28 heavy (non-hydrogen) atoms. The Morgan fingerprint density at radius 3 is 2.29 bits per heavy atom. The van der Waals surface area contributed by atoms with Crippen molar-refractivity contribution in [3.63, 3.8) is 0 Å². The number of piperazine rings is 1. The lowest BCUT2D eigenvalue weighted by Gasteiger charge is -2.37. The third-order valence-electron chi connectivity index (χ3n) is 5.07. The molecule has 1 fully saturated rings. The molecule has 0 radical (unpaired) electrons. The smallest absolute Gasteiger partial charge is 0.353 e. The van der Waals surface area contributed by atoms with Gasteiger partial charge in [0.15, 0.2) is 0 Å². The van der Waals surface area contributed by atoms with Crippen LogP contribution >= 0.6 is 0 Å². The summed E-state index contributed by atoms with van der Waals surface area (Å²) in [6, 6.07) is 12.2. The Morgan fingerprint density at radius 1 is 1.07 bits per heavy atom. The molecule has 3 rings (SSSR count). The van der Waals surface area contributed by atoms with Crippen molar-refractivity contribution >= 4 is 11.7 Å². The van der Waals surface area contributed by atoms with Crippen molar-refractivity contribution in [2.75, 3.05) is 31.1 Å². The predicted molar refractivity (Wildman–Crippen MR) is 102 cm³/mol. The molecule has 1 aromatic heterocycles. The van der Waals surface area contributed by atoms with Crippen LogP contribution < -0.4 is 4.90 Å². The van der Waals surface area contributed by atoms with Gasteiger partial charge in [0.1, 0.15) is 5.82 Å². The second kappa shape index (κ2) is 8.63. The van der Waals surface area contributed by atoms with Gasteiger partial charge in [-0.05, 0) is 24.1 Å². The van der Waals surface area contributed by atoms with Crippen molar-refractivity contribution in [1.29, 1.82) is 0 Å². The quantitative estimate of drug-likeness (QED) is 0.761. The highest BCUT2D eigenvalue weighted by Gasteiger charge is 2.32. The van der Waals surface area contributed by atoms with Gasteiger partial charge in [-0.1, -0.05) is 43.7 Å². The molecule has 1 aliphatic rings. The second-order valence-corrected chi connectivity index (χ2v) is 6.97. The standard InChI is InChI=1S/C21H24F3N3O/c1-2-6-18(16-7-4-3-5-8-16)20(28)27-13-11-26(12-14-27)19-10-9-17(15-25-19)21(22,23)24/h3-5,7-10,15,18H,2,6,11-14H2,1H3. The fourth-order valence-corrected chi connectivity index (χ4v) is 3.52. The third kappa shape index (κ3) is 4.64. The highest BCUT2D eigenvalue weighted by atomic mass is 19.4. The number of carbonyl (C=O) groups excluding carboxylic acids is 1. The van der Waals surface area contributed by atoms with Crippen molar-refractivity contribution in [3.8, 4) is 0 Å². The molecule has 2 aromatic rings. The number of carbonyl (C=O) groups is 1. The van der Waals surface area contributed by atoms with Crippen LogP contribution in [0.25, 0.3) is 0 Å². The summed E-state index contributed by atoms with van der Waals surface area (Å²) in [4.78, 5) is 20.8. The summed E-state index contributed by atoms with van der Waals surface area (Å²) in [6.45, 7) is 4.25. The van der Waals surface area contributed by atoms with Crippen LogP contribution in [0.3, 0.4) is 0 Å². The van der Waals surface area contributed by atoms with E-state index in [1.165, 1.54) is 6.07 Å². The van der Waals surface area contributed by atoms with E-state index in [4.69, 9.17) is 0 Å². The van der Waals surface area contributed by atoms with Crippen molar-refractivity contribution < 1.29 is 18.0 Å². The van der Waals surface area contributed by atoms with Crippen molar-refractivity contribution in [1.82, 2.24) is 9.88 Å². The Kier molecular flexibility index (Phi) is 6.21. The van der Waals surface area contributed by atoms with E-state index in [-0.39, 0.29) is 11.8 Å². The minimum atomic E-state index is -4.39. The summed E-state index contributed by atoms with van der Waals surface area (Å²) in [5.41, 5.74) is 0.275. The summed E-state index contributed by atoms with van der Waals surface area (Å²) in [7, 11) is 0. The van der Waals surface area contributed by atoms with E-state index in [0.29, 0.717) is 32.0 Å². The van der Waals surface area contributed by atoms with Gasteiger partial charge in [-0.15, -0.1) is 0 Å². The summed E-state index contributed by atoms with van der Waals surface area (Å²) in [5.74, 6) is 0.475. The molecule has 1 amide bonds. The van der Waals surface area contributed by atoms with Crippen LogP contribution in [-0.2, 0) is 11.0 Å². The molecule has 0 aliphatic carbocycles. The first-order valence-corrected chi connectivity index (χ1v) is 9.52. The summed E-state index contributed by atoms with van der Waals surface area (Å²) in [5, 5.41) is 0. The van der Waals surface area contributed by atoms with Gasteiger partial charge in [-0.3, -0.25) is 4.79 Å². The highest BCUT2D eigenvalue weighted by Crippen LogP contribution is 2.30. The Morgan fingerprint density at radius 2 is 1.75 bits per heavy atom. The van der Waals surface area contributed by atoms with Crippen LogP contribution in [-0.4, -0.2) is 42.0 Å². The Bertz CT molecular complexity index is 770. The van der Waals surface area contributed by atoms with Crippen molar-refractivity contribution in [3.05, 3.63) is 59.8 Å². The zero-order chi connectivity index (χ0) is 20.1. The molecular weight excluding hydrogens is 367 g/mol. The SMILES string of the molecule is CCCC(C(=O)N1CCN(c2ccc(C(F)(F)F)cn2)CC1)c1ccccc1. The molecule has 1 saturated heterocycles. The molecule has 0 spiro atoms. The van der Waals surface area contributed by atoms with Crippen molar-refractivity contribution in [2.45, 2.75) is 31.9 Å². The first-order chi connectivity index (χ1) is 13.4.